The maximum absolute atomic E-state index is 14.0. The zero-order valence-electron chi connectivity index (χ0n) is 15.6. The minimum atomic E-state index is -0.231. The van der Waals surface area contributed by atoms with Crippen molar-refractivity contribution in [3.05, 3.63) is 70.3 Å². The van der Waals surface area contributed by atoms with Crippen molar-refractivity contribution in [1.82, 2.24) is 19.2 Å². The zero-order chi connectivity index (χ0) is 19.5. The van der Waals surface area contributed by atoms with E-state index < -0.39 is 0 Å². The molecule has 5 nitrogen and oxygen atoms in total. The van der Waals surface area contributed by atoms with Gasteiger partial charge in [0, 0.05) is 12.3 Å². The van der Waals surface area contributed by atoms with Crippen LogP contribution in [0.3, 0.4) is 0 Å². The molecule has 0 aliphatic carbocycles. The second-order valence-electron chi connectivity index (χ2n) is 6.68. The van der Waals surface area contributed by atoms with E-state index in [2.05, 4.69) is 17.1 Å². The summed E-state index contributed by atoms with van der Waals surface area (Å²) in [4.78, 5) is 13.0. The van der Waals surface area contributed by atoms with Crippen LogP contribution in [-0.2, 0) is 12.3 Å². The van der Waals surface area contributed by atoms with Gasteiger partial charge < -0.3 is 0 Å². The van der Waals surface area contributed by atoms with Crippen LogP contribution in [0.5, 0.6) is 0 Å². The average molecular weight is 396 g/mol. The molecule has 0 saturated carbocycles. The summed E-state index contributed by atoms with van der Waals surface area (Å²) < 4.78 is 17.6. The Morgan fingerprint density at radius 2 is 1.82 bits per heavy atom. The third-order valence-electron chi connectivity index (χ3n) is 4.78. The molecule has 0 bridgehead atoms. The zero-order valence-corrected chi connectivity index (χ0v) is 16.5. The monoisotopic (exact) mass is 396 g/mol. The van der Waals surface area contributed by atoms with Crippen molar-refractivity contribution >= 4 is 28.4 Å². The van der Waals surface area contributed by atoms with Crippen molar-refractivity contribution in [2.24, 2.45) is 0 Å². The van der Waals surface area contributed by atoms with E-state index in [-0.39, 0.29) is 11.4 Å². The lowest BCUT2D eigenvalue weighted by Gasteiger charge is -2.11. The lowest BCUT2D eigenvalue weighted by Crippen LogP contribution is -2.23. The first-order chi connectivity index (χ1) is 13.7. The molecule has 7 heteroatoms. The van der Waals surface area contributed by atoms with E-state index in [9.17, 15) is 9.18 Å². The van der Waals surface area contributed by atoms with E-state index in [1.807, 2.05) is 34.7 Å². The molecule has 0 amide bonds. The predicted octanol–water partition coefficient (Wildman–Crippen LogP) is 4.67. The molecular weight excluding hydrogens is 375 g/mol. The van der Waals surface area contributed by atoms with Gasteiger partial charge in [-0.1, -0.05) is 61.9 Å². The molecule has 0 unspecified atom stereocenters. The standard InChI is InChI=1S/C21H21FN4OS/c1-2-3-8-13-25-19(27)16-10-5-7-12-18(16)26-20(25)23-24-21(26)28-14-15-9-4-6-11-17(15)22/h4-7,9-12H,2-3,8,13-14H2,1H3. The van der Waals surface area contributed by atoms with Gasteiger partial charge in [-0.15, -0.1) is 10.2 Å². The Balaban J connectivity index is 1.80. The lowest BCUT2D eigenvalue weighted by molar-refractivity contribution is 0.594. The van der Waals surface area contributed by atoms with Crippen molar-refractivity contribution in [1.29, 1.82) is 0 Å². The third-order valence-corrected chi connectivity index (χ3v) is 5.76. The van der Waals surface area contributed by atoms with Crippen molar-refractivity contribution < 1.29 is 4.39 Å². The number of aryl methyl sites for hydroxylation is 1. The number of para-hydroxylation sites is 1. The van der Waals surface area contributed by atoms with E-state index in [0.717, 1.165) is 24.8 Å². The fourth-order valence-corrected chi connectivity index (χ4v) is 4.23. The molecule has 4 rings (SSSR count). The number of fused-ring (bicyclic) bond motifs is 3. The molecule has 28 heavy (non-hydrogen) atoms. The van der Waals surface area contributed by atoms with Gasteiger partial charge >= 0.3 is 0 Å². The van der Waals surface area contributed by atoms with E-state index in [4.69, 9.17) is 0 Å². The maximum Gasteiger partial charge on any atom is 0.262 e. The SMILES string of the molecule is CCCCCn1c(=O)c2ccccc2n2c(SCc3ccccc3F)nnc12. The number of aromatic nitrogens is 4. The fraction of sp³-hybridized carbons (Fsp3) is 0.286. The van der Waals surface area contributed by atoms with Crippen LogP contribution in [0.2, 0.25) is 0 Å². The molecule has 2 heterocycles. The molecule has 0 radical (unpaired) electrons. The Hall–Kier alpha value is -2.67. The van der Waals surface area contributed by atoms with Crippen LogP contribution in [-0.4, -0.2) is 19.2 Å². The van der Waals surface area contributed by atoms with Crippen molar-refractivity contribution in [2.75, 3.05) is 0 Å². The third kappa shape index (κ3) is 3.42. The van der Waals surface area contributed by atoms with E-state index >= 15 is 0 Å². The molecule has 144 valence electrons. The highest BCUT2D eigenvalue weighted by molar-refractivity contribution is 7.98. The molecule has 0 N–H and O–H groups in total. The summed E-state index contributed by atoms with van der Waals surface area (Å²) in [5, 5.41) is 9.91. The normalized spacial score (nSPS) is 11.5. The summed E-state index contributed by atoms with van der Waals surface area (Å²) in [5.74, 6) is 0.748. The highest BCUT2D eigenvalue weighted by Crippen LogP contribution is 2.25. The Morgan fingerprint density at radius 3 is 2.64 bits per heavy atom. The van der Waals surface area contributed by atoms with Gasteiger partial charge in [-0.25, -0.2) is 4.39 Å². The number of thioether (sulfide) groups is 1. The molecule has 2 aromatic heterocycles. The summed E-state index contributed by atoms with van der Waals surface area (Å²) in [6.07, 6.45) is 3.04. The number of benzene rings is 2. The number of unbranched alkanes of at least 4 members (excludes halogenated alkanes) is 2. The summed E-state index contributed by atoms with van der Waals surface area (Å²) in [6.45, 7) is 2.74. The molecule has 0 saturated heterocycles. The quantitative estimate of drug-likeness (QED) is 0.337. The first-order valence-electron chi connectivity index (χ1n) is 9.43. The van der Waals surface area contributed by atoms with Gasteiger partial charge in [-0.05, 0) is 30.2 Å². The summed E-state index contributed by atoms with van der Waals surface area (Å²) >= 11 is 1.42. The van der Waals surface area contributed by atoms with Crippen LogP contribution in [0.25, 0.3) is 16.7 Å². The first-order valence-corrected chi connectivity index (χ1v) is 10.4. The number of hydrogen-bond donors (Lipinski definition) is 0. The first kappa shape index (κ1) is 18.7. The van der Waals surface area contributed by atoms with Crippen molar-refractivity contribution in [2.45, 2.75) is 43.6 Å². The number of nitrogens with zero attached hydrogens (tertiary/aromatic N) is 4. The van der Waals surface area contributed by atoms with Crippen LogP contribution in [0, 0.1) is 5.82 Å². The predicted molar refractivity (Wildman–Crippen MR) is 110 cm³/mol. The molecule has 0 atom stereocenters. The van der Waals surface area contributed by atoms with Gasteiger partial charge in [0.25, 0.3) is 5.56 Å². The average Bonchev–Trinajstić information content (AvgIpc) is 3.14. The van der Waals surface area contributed by atoms with Gasteiger partial charge in [0.05, 0.1) is 10.9 Å². The number of halogens is 1. The van der Waals surface area contributed by atoms with Crippen LogP contribution >= 0.6 is 11.8 Å². The largest absolute Gasteiger partial charge is 0.276 e. The van der Waals surface area contributed by atoms with Gasteiger partial charge in [0.1, 0.15) is 5.82 Å². The van der Waals surface area contributed by atoms with Crippen LogP contribution in [0.1, 0.15) is 31.7 Å². The van der Waals surface area contributed by atoms with Crippen LogP contribution < -0.4 is 5.56 Å². The minimum absolute atomic E-state index is 0.0442. The van der Waals surface area contributed by atoms with Gasteiger partial charge in [-0.3, -0.25) is 13.8 Å². The molecule has 0 aliphatic heterocycles. The summed E-state index contributed by atoms with van der Waals surface area (Å²) in [7, 11) is 0. The van der Waals surface area contributed by atoms with Crippen molar-refractivity contribution in [3.8, 4) is 0 Å². The van der Waals surface area contributed by atoms with Crippen LogP contribution in [0.15, 0.2) is 58.5 Å². The Kier molecular flexibility index (Phi) is 5.43. The molecule has 2 aromatic carbocycles. The van der Waals surface area contributed by atoms with E-state index in [1.54, 1.807) is 16.7 Å². The Bertz CT molecular complexity index is 1180. The molecule has 0 spiro atoms. The minimum Gasteiger partial charge on any atom is -0.276 e. The molecular formula is C21H21FN4OS. The molecule has 0 aliphatic rings. The lowest BCUT2D eigenvalue weighted by atomic mass is 10.2. The topological polar surface area (TPSA) is 52.2 Å². The van der Waals surface area contributed by atoms with E-state index in [0.29, 0.717) is 34.2 Å². The Morgan fingerprint density at radius 1 is 1.04 bits per heavy atom. The van der Waals surface area contributed by atoms with Gasteiger partial charge in [0.2, 0.25) is 5.78 Å². The van der Waals surface area contributed by atoms with Gasteiger partial charge in [0.15, 0.2) is 5.16 Å². The summed E-state index contributed by atoms with van der Waals surface area (Å²) in [6, 6.07) is 14.2. The summed E-state index contributed by atoms with van der Waals surface area (Å²) in [5.41, 5.74) is 1.34. The van der Waals surface area contributed by atoms with Gasteiger partial charge in [-0.2, -0.15) is 0 Å². The highest BCUT2D eigenvalue weighted by atomic mass is 32.2. The second kappa shape index (κ2) is 8.14. The maximum atomic E-state index is 14.0. The fourth-order valence-electron chi connectivity index (χ4n) is 3.31. The Labute approximate surface area is 166 Å². The number of hydrogen-bond acceptors (Lipinski definition) is 4. The van der Waals surface area contributed by atoms with Crippen molar-refractivity contribution in [3.63, 3.8) is 0 Å². The molecule has 4 aromatic rings. The second-order valence-corrected chi connectivity index (χ2v) is 7.62. The van der Waals surface area contributed by atoms with Crippen LogP contribution in [0.4, 0.5) is 4.39 Å². The van der Waals surface area contributed by atoms with E-state index in [1.165, 1.54) is 17.8 Å². The highest BCUT2D eigenvalue weighted by Gasteiger charge is 2.17. The molecule has 0 fully saturated rings. The smallest absolute Gasteiger partial charge is 0.262 e. The number of rotatable bonds is 7.